The van der Waals surface area contributed by atoms with Crippen LogP contribution in [-0.2, 0) is 21.3 Å². The molecule has 0 saturated carbocycles. The number of allylic oxidation sites excluding steroid dienone is 2. The lowest BCUT2D eigenvalue weighted by atomic mass is 9.88. The van der Waals surface area contributed by atoms with E-state index in [1.807, 2.05) is 37.3 Å². The molecule has 0 unspecified atom stereocenters. The highest BCUT2D eigenvalue weighted by molar-refractivity contribution is 7.96. The third-order valence-corrected chi connectivity index (χ3v) is 8.25. The number of rotatable bonds is 3. The largest absolute Gasteiger partial charge is 0.439 e. The molecule has 2 aliphatic heterocycles. The molecule has 3 aromatic carbocycles. The average molecular weight is 490 g/mol. The number of nitriles is 1. The second kappa shape index (κ2) is 8.24. The Morgan fingerprint density at radius 3 is 2.44 bits per heavy atom. The highest BCUT2D eigenvalue weighted by Crippen LogP contribution is 2.52. The summed E-state index contributed by atoms with van der Waals surface area (Å²) in [4.78, 5) is -0.0443. The van der Waals surface area contributed by atoms with Gasteiger partial charge in [-0.1, -0.05) is 71.8 Å². The highest BCUT2D eigenvalue weighted by atomic mass is 35.5. The minimum atomic E-state index is -4.14. The van der Waals surface area contributed by atoms with Crippen LogP contribution in [0.3, 0.4) is 0 Å². The van der Waals surface area contributed by atoms with Gasteiger partial charge in [0.15, 0.2) is 5.76 Å². The smallest absolute Gasteiger partial charge is 0.265 e. The average Bonchev–Trinajstić information content (AvgIpc) is 2.82. The van der Waals surface area contributed by atoms with Gasteiger partial charge in [-0.25, -0.2) is 8.42 Å². The molecule has 2 aliphatic rings. The number of fused-ring (bicyclic) bond motifs is 2. The van der Waals surface area contributed by atoms with E-state index in [9.17, 15) is 13.7 Å². The van der Waals surface area contributed by atoms with Gasteiger partial charge in [-0.05, 0) is 36.2 Å². The molecule has 8 heteroatoms. The first-order chi connectivity index (χ1) is 16.3. The first-order valence-electron chi connectivity index (χ1n) is 10.6. The predicted molar refractivity (Wildman–Crippen MR) is 132 cm³/mol. The number of aryl methyl sites for hydroxylation is 1. The zero-order valence-electron chi connectivity index (χ0n) is 18.2. The number of benzene rings is 3. The molecule has 5 rings (SSSR count). The van der Waals surface area contributed by atoms with Crippen molar-refractivity contribution in [1.29, 1.82) is 5.26 Å². The van der Waals surface area contributed by atoms with Crippen LogP contribution in [0, 0.1) is 18.3 Å². The van der Waals surface area contributed by atoms with E-state index in [2.05, 4.69) is 0 Å². The molecule has 1 atom stereocenters. The summed E-state index contributed by atoms with van der Waals surface area (Å²) >= 11 is 6.49. The maximum absolute atomic E-state index is 14.2. The summed E-state index contributed by atoms with van der Waals surface area (Å²) in [5.74, 6) is -1.01. The fourth-order valence-corrected chi connectivity index (χ4v) is 6.51. The summed E-state index contributed by atoms with van der Waals surface area (Å²) < 4.78 is 35.6. The molecule has 0 saturated heterocycles. The topological polar surface area (TPSA) is 96.4 Å². The van der Waals surface area contributed by atoms with E-state index < -0.39 is 15.9 Å². The van der Waals surface area contributed by atoms with Crippen molar-refractivity contribution in [2.75, 3.05) is 4.31 Å². The molecule has 170 valence electrons. The van der Waals surface area contributed by atoms with Gasteiger partial charge in [0.05, 0.1) is 18.2 Å². The molecular formula is C26H20ClN3O3S. The summed E-state index contributed by atoms with van der Waals surface area (Å²) in [5, 5.41) is 10.3. The monoisotopic (exact) mass is 489 g/mol. The number of sulfonamides is 1. The molecule has 6 nitrogen and oxygen atoms in total. The summed E-state index contributed by atoms with van der Waals surface area (Å²) in [6, 6.07) is 23.7. The van der Waals surface area contributed by atoms with E-state index >= 15 is 0 Å². The van der Waals surface area contributed by atoms with Gasteiger partial charge < -0.3 is 10.5 Å². The fraction of sp³-hybridized carbons (Fsp3) is 0.115. The lowest BCUT2D eigenvalue weighted by Gasteiger charge is -2.38. The Morgan fingerprint density at radius 1 is 1.06 bits per heavy atom. The minimum Gasteiger partial charge on any atom is -0.439 e. The van der Waals surface area contributed by atoms with Crippen molar-refractivity contribution in [3.05, 3.63) is 116 Å². The molecule has 0 amide bonds. The predicted octanol–water partition coefficient (Wildman–Crippen LogP) is 5.17. The fourth-order valence-electron chi connectivity index (χ4n) is 4.36. The maximum Gasteiger partial charge on any atom is 0.265 e. The third-order valence-electron chi connectivity index (χ3n) is 6.02. The van der Waals surface area contributed by atoms with Crippen molar-refractivity contribution < 1.29 is 13.2 Å². The number of para-hydroxylation sites is 1. The van der Waals surface area contributed by atoms with E-state index in [0.29, 0.717) is 21.8 Å². The number of ether oxygens (including phenoxy) is 1. The summed E-state index contributed by atoms with van der Waals surface area (Å²) in [6.07, 6.45) is 0. The summed E-state index contributed by atoms with van der Waals surface area (Å²) in [6.45, 7) is 2.09. The second-order valence-corrected chi connectivity index (χ2v) is 10.4. The van der Waals surface area contributed by atoms with Crippen molar-refractivity contribution in [3.8, 4) is 6.07 Å². The number of hydrogen-bond acceptors (Lipinski definition) is 5. The van der Waals surface area contributed by atoms with Crippen LogP contribution >= 0.6 is 11.6 Å². The number of nitrogens with zero attached hydrogens (tertiary/aromatic N) is 2. The Morgan fingerprint density at radius 2 is 1.74 bits per heavy atom. The molecular weight excluding hydrogens is 470 g/mol. The van der Waals surface area contributed by atoms with Gasteiger partial charge in [0.1, 0.15) is 16.5 Å². The Labute approximate surface area is 203 Å². The highest BCUT2D eigenvalue weighted by Gasteiger charge is 2.47. The SMILES string of the molecule is Cc1ccc(CN2c3ccccc3C3=C([C@@H](c4ccccc4Cl)C(C#N)=C(N)O3)S2(=O)=O)cc1. The number of hydrogen-bond donors (Lipinski definition) is 1. The Kier molecular flexibility index (Phi) is 5.35. The molecule has 0 radical (unpaired) electrons. The second-order valence-electron chi connectivity index (χ2n) is 8.15. The van der Waals surface area contributed by atoms with Crippen LogP contribution in [0.15, 0.2) is 89.2 Å². The maximum atomic E-state index is 14.2. The number of halogens is 1. The van der Waals surface area contributed by atoms with Crippen molar-refractivity contribution >= 4 is 33.1 Å². The van der Waals surface area contributed by atoms with E-state index in [0.717, 1.165) is 11.1 Å². The number of nitrogens with two attached hydrogens (primary N) is 1. The van der Waals surface area contributed by atoms with Gasteiger partial charge in [-0.15, -0.1) is 0 Å². The molecule has 0 spiro atoms. The van der Waals surface area contributed by atoms with Crippen molar-refractivity contribution in [2.24, 2.45) is 5.73 Å². The van der Waals surface area contributed by atoms with Crippen LogP contribution in [0.1, 0.15) is 28.2 Å². The molecule has 2 N–H and O–H groups in total. The summed E-state index contributed by atoms with van der Waals surface area (Å²) in [5.41, 5.74) is 9.58. The van der Waals surface area contributed by atoms with Crippen LogP contribution in [0.25, 0.3) is 5.76 Å². The van der Waals surface area contributed by atoms with E-state index in [-0.39, 0.29) is 28.7 Å². The van der Waals surface area contributed by atoms with Gasteiger partial charge in [-0.2, -0.15) is 5.26 Å². The standard InChI is InChI=1S/C26H20ClN3O3S/c1-16-10-12-17(13-11-16)15-30-22-9-5-3-7-19(22)24-25(34(30,31)32)23(20(14-28)26(29)33-24)18-6-2-4-8-21(18)27/h2-13,23H,15,29H2,1H3/t23-/m0/s1. The molecule has 34 heavy (non-hydrogen) atoms. The minimum absolute atomic E-state index is 0.00471. The Balaban J connectivity index is 1.77. The van der Waals surface area contributed by atoms with Crippen LogP contribution in [0.5, 0.6) is 0 Å². The van der Waals surface area contributed by atoms with Gasteiger partial charge >= 0.3 is 0 Å². The first kappa shape index (κ1) is 22.1. The van der Waals surface area contributed by atoms with Gasteiger partial charge in [0.25, 0.3) is 10.0 Å². The number of anilines is 1. The van der Waals surface area contributed by atoms with Crippen LogP contribution in [0.4, 0.5) is 5.69 Å². The van der Waals surface area contributed by atoms with E-state index in [1.165, 1.54) is 4.31 Å². The van der Waals surface area contributed by atoms with Crippen molar-refractivity contribution in [2.45, 2.75) is 19.4 Å². The van der Waals surface area contributed by atoms with Gasteiger partial charge in [0, 0.05) is 10.6 Å². The zero-order chi connectivity index (χ0) is 24.0. The quantitative estimate of drug-likeness (QED) is 0.547. The lowest BCUT2D eigenvalue weighted by Crippen LogP contribution is -2.39. The van der Waals surface area contributed by atoms with Crippen molar-refractivity contribution in [1.82, 2.24) is 0 Å². The van der Waals surface area contributed by atoms with Crippen LogP contribution in [-0.4, -0.2) is 8.42 Å². The zero-order valence-corrected chi connectivity index (χ0v) is 19.8. The molecule has 0 fully saturated rings. The molecule has 0 bridgehead atoms. The van der Waals surface area contributed by atoms with Crippen molar-refractivity contribution in [3.63, 3.8) is 0 Å². The first-order valence-corrected chi connectivity index (χ1v) is 12.4. The van der Waals surface area contributed by atoms with Crippen LogP contribution in [0.2, 0.25) is 5.02 Å². The van der Waals surface area contributed by atoms with Gasteiger partial charge in [-0.3, -0.25) is 4.31 Å². The molecule has 2 heterocycles. The van der Waals surface area contributed by atoms with Crippen LogP contribution < -0.4 is 10.0 Å². The Bertz CT molecular complexity index is 1520. The van der Waals surface area contributed by atoms with E-state index in [4.69, 9.17) is 22.1 Å². The normalized spacial score (nSPS) is 18.6. The lowest BCUT2D eigenvalue weighted by molar-refractivity contribution is 0.357. The third kappa shape index (κ3) is 3.43. The Hall–Kier alpha value is -3.73. The molecule has 0 aromatic heterocycles. The van der Waals surface area contributed by atoms with Gasteiger partial charge in [0.2, 0.25) is 5.88 Å². The molecule has 3 aromatic rings. The summed E-state index contributed by atoms with van der Waals surface area (Å²) in [7, 11) is -4.14. The molecule has 0 aliphatic carbocycles. The van der Waals surface area contributed by atoms with E-state index in [1.54, 1.807) is 48.5 Å².